The molecule has 0 aliphatic heterocycles. The minimum absolute atomic E-state index is 0.0786. The van der Waals surface area contributed by atoms with E-state index in [1.807, 2.05) is 12.1 Å². The third-order valence-corrected chi connectivity index (χ3v) is 5.72. The number of phenolic OH excluding ortho intramolecular Hbond substituents is 2. The molecule has 2 aromatic rings. The molecule has 28 heavy (non-hydrogen) atoms. The van der Waals surface area contributed by atoms with Crippen molar-refractivity contribution >= 4 is 0 Å². The minimum atomic E-state index is -0.139. The van der Waals surface area contributed by atoms with Crippen LogP contribution in [0, 0.1) is 13.8 Å². The van der Waals surface area contributed by atoms with Gasteiger partial charge in [-0.2, -0.15) is 0 Å². The topological polar surface area (TPSA) is 40.5 Å². The summed E-state index contributed by atoms with van der Waals surface area (Å²) >= 11 is 0. The van der Waals surface area contributed by atoms with E-state index >= 15 is 0 Å². The molecule has 0 spiro atoms. The molecule has 0 bridgehead atoms. The molecular formula is C26H38O2. The third kappa shape index (κ3) is 4.37. The van der Waals surface area contributed by atoms with Gasteiger partial charge in [0.25, 0.3) is 0 Å². The van der Waals surface area contributed by atoms with Crippen molar-refractivity contribution in [3.05, 3.63) is 57.6 Å². The van der Waals surface area contributed by atoms with Crippen LogP contribution in [0.15, 0.2) is 24.3 Å². The average Bonchev–Trinajstić information content (AvgIpc) is 2.51. The number of aromatic hydroxyl groups is 2. The van der Waals surface area contributed by atoms with E-state index in [4.69, 9.17) is 0 Å². The van der Waals surface area contributed by atoms with Gasteiger partial charge in [0.15, 0.2) is 0 Å². The Morgan fingerprint density at radius 3 is 1.96 bits per heavy atom. The van der Waals surface area contributed by atoms with Crippen molar-refractivity contribution < 1.29 is 10.2 Å². The lowest BCUT2D eigenvalue weighted by molar-refractivity contribution is 0.439. The summed E-state index contributed by atoms with van der Waals surface area (Å²) < 4.78 is 0. The van der Waals surface area contributed by atoms with Crippen molar-refractivity contribution in [2.75, 3.05) is 0 Å². The first-order valence-corrected chi connectivity index (χ1v) is 10.5. The quantitative estimate of drug-likeness (QED) is 0.585. The lowest BCUT2D eigenvalue weighted by atomic mass is 9.70. The van der Waals surface area contributed by atoms with E-state index in [0.29, 0.717) is 11.5 Å². The van der Waals surface area contributed by atoms with Crippen molar-refractivity contribution in [2.45, 2.75) is 91.9 Å². The third-order valence-electron chi connectivity index (χ3n) is 5.72. The van der Waals surface area contributed by atoms with Crippen molar-refractivity contribution in [1.82, 2.24) is 0 Å². The lowest BCUT2D eigenvalue weighted by Gasteiger charge is -2.34. The molecule has 2 rings (SSSR count). The highest BCUT2D eigenvalue weighted by molar-refractivity contribution is 5.57. The summed E-state index contributed by atoms with van der Waals surface area (Å²) in [6, 6.07) is 7.72. The second kappa shape index (κ2) is 7.81. The first kappa shape index (κ1) is 22.3. The highest BCUT2D eigenvalue weighted by Crippen LogP contribution is 2.46. The Kier molecular flexibility index (Phi) is 6.23. The van der Waals surface area contributed by atoms with Crippen LogP contribution < -0.4 is 0 Å². The molecule has 0 amide bonds. The molecule has 2 heteroatoms. The van der Waals surface area contributed by atoms with Gasteiger partial charge < -0.3 is 10.2 Å². The second-order valence-corrected chi connectivity index (χ2v) is 10.2. The Bertz CT molecular complexity index is 848. The predicted octanol–water partition coefficient (Wildman–Crippen LogP) is 7.24. The maximum absolute atomic E-state index is 10.9. The van der Waals surface area contributed by atoms with Gasteiger partial charge in [-0.1, -0.05) is 61.0 Å². The van der Waals surface area contributed by atoms with Gasteiger partial charge in [-0.15, -0.1) is 0 Å². The molecule has 154 valence electrons. The SMILES string of the molecule is CCCC(c1ccc(O)cc1C)c1c(C(C)(C)C)cc(O)c(C(C)(C)C)c1C. The van der Waals surface area contributed by atoms with E-state index in [-0.39, 0.29) is 16.7 Å². The number of hydrogen-bond acceptors (Lipinski definition) is 2. The van der Waals surface area contributed by atoms with Gasteiger partial charge in [-0.3, -0.25) is 0 Å². The summed E-state index contributed by atoms with van der Waals surface area (Å²) in [4.78, 5) is 0. The lowest BCUT2D eigenvalue weighted by Crippen LogP contribution is -2.22. The van der Waals surface area contributed by atoms with E-state index in [1.165, 1.54) is 22.3 Å². The Morgan fingerprint density at radius 1 is 0.893 bits per heavy atom. The zero-order valence-electron chi connectivity index (χ0n) is 19.2. The van der Waals surface area contributed by atoms with Crippen LogP contribution in [0.3, 0.4) is 0 Å². The summed E-state index contributed by atoms with van der Waals surface area (Å²) in [6.07, 6.45) is 2.10. The van der Waals surface area contributed by atoms with Gasteiger partial charge in [0, 0.05) is 11.5 Å². The smallest absolute Gasteiger partial charge is 0.119 e. The van der Waals surface area contributed by atoms with Gasteiger partial charge in [0.05, 0.1) is 0 Å². The van der Waals surface area contributed by atoms with Crippen LogP contribution in [0.1, 0.15) is 101 Å². The molecule has 2 N–H and O–H groups in total. The van der Waals surface area contributed by atoms with Gasteiger partial charge in [0.2, 0.25) is 0 Å². The molecule has 1 atom stereocenters. The highest BCUT2D eigenvalue weighted by Gasteiger charge is 2.32. The molecule has 2 aromatic carbocycles. The molecule has 0 fully saturated rings. The standard InChI is InChI=1S/C26H38O2/c1-10-11-20(19-13-12-18(27)14-16(19)2)23-17(3)24(26(7,8)9)22(28)15-21(23)25(4,5)6/h12-15,20,27-28H,10-11H2,1-9H3. The minimum Gasteiger partial charge on any atom is -0.508 e. The summed E-state index contributed by atoms with van der Waals surface area (Å²) in [7, 11) is 0. The number of phenols is 2. The van der Waals surface area contributed by atoms with Crippen LogP contribution in [0.2, 0.25) is 0 Å². The number of aryl methyl sites for hydroxylation is 1. The first-order valence-electron chi connectivity index (χ1n) is 10.5. The number of benzene rings is 2. The van der Waals surface area contributed by atoms with E-state index in [2.05, 4.69) is 68.4 Å². The molecule has 0 saturated carbocycles. The molecule has 0 heterocycles. The number of hydrogen-bond donors (Lipinski definition) is 2. The fraction of sp³-hybridized carbons (Fsp3) is 0.538. The van der Waals surface area contributed by atoms with E-state index < -0.39 is 0 Å². The molecule has 0 aliphatic carbocycles. The Labute approximate surface area is 171 Å². The molecule has 0 saturated heterocycles. The van der Waals surface area contributed by atoms with Crippen molar-refractivity contribution in [1.29, 1.82) is 0 Å². The maximum atomic E-state index is 10.9. The summed E-state index contributed by atoms with van der Waals surface area (Å²) in [5.74, 6) is 0.947. The molecule has 0 aliphatic rings. The molecule has 1 unspecified atom stereocenters. The summed E-state index contributed by atoms with van der Waals surface area (Å²) in [5.41, 5.74) is 6.94. The van der Waals surface area contributed by atoms with E-state index in [0.717, 1.165) is 24.0 Å². The number of rotatable bonds is 4. The van der Waals surface area contributed by atoms with Crippen molar-refractivity contribution in [3.63, 3.8) is 0 Å². The Hall–Kier alpha value is -1.96. The fourth-order valence-electron chi connectivity index (χ4n) is 4.63. The monoisotopic (exact) mass is 382 g/mol. The first-order chi connectivity index (χ1) is 12.8. The largest absolute Gasteiger partial charge is 0.508 e. The fourth-order valence-corrected chi connectivity index (χ4v) is 4.63. The van der Waals surface area contributed by atoms with E-state index in [1.54, 1.807) is 6.07 Å². The van der Waals surface area contributed by atoms with Crippen molar-refractivity contribution in [2.24, 2.45) is 0 Å². The van der Waals surface area contributed by atoms with Gasteiger partial charge in [0.1, 0.15) is 11.5 Å². The molecular weight excluding hydrogens is 344 g/mol. The zero-order chi connectivity index (χ0) is 21.4. The summed E-state index contributed by atoms with van der Waals surface area (Å²) in [6.45, 7) is 19.6. The van der Waals surface area contributed by atoms with Crippen LogP contribution in [-0.4, -0.2) is 10.2 Å². The zero-order valence-corrected chi connectivity index (χ0v) is 19.2. The Morgan fingerprint density at radius 2 is 1.50 bits per heavy atom. The van der Waals surface area contributed by atoms with Crippen LogP contribution in [0.4, 0.5) is 0 Å². The van der Waals surface area contributed by atoms with Gasteiger partial charge in [-0.25, -0.2) is 0 Å². The van der Waals surface area contributed by atoms with Gasteiger partial charge >= 0.3 is 0 Å². The molecule has 2 nitrogen and oxygen atoms in total. The molecule has 0 aromatic heterocycles. The van der Waals surface area contributed by atoms with Crippen LogP contribution >= 0.6 is 0 Å². The van der Waals surface area contributed by atoms with Crippen LogP contribution in [0.25, 0.3) is 0 Å². The predicted molar refractivity (Wildman–Crippen MR) is 120 cm³/mol. The molecule has 0 radical (unpaired) electrons. The average molecular weight is 383 g/mol. The highest BCUT2D eigenvalue weighted by atomic mass is 16.3. The van der Waals surface area contributed by atoms with Crippen molar-refractivity contribution in [3.8, 4) is 11.5 Å². The normalized spacial score (nSPS) is 13.6. The van der Waals surface area contributed by atoms with E-state index in [9.17, 15) is 10.2 Å². The maximum Gasteiger partial charge on any atom is 0.119 e. The van der Waals surface area contributed by atoms with Crippen LogP contribution in [-0.2, 0) is 10.8 Å². The second-order valence-electron chi connectivity index (χ2n) is 10.2. The van der Waals surface area contributed by atoms with Crippen LogP contribution in [0.5, 0.6) is 11.5 Å². The van der Waals surface area contributed by atoms with Gasteiger partial charge in [-0.05, 0) is 77.1 Å². The Balaban J connectivity index is 2.91. The summed E-state index contributed by atoms with van der Waals surface area (Å²) in [5, 5.41) is 20.8.